The number of phenolic OH excluding ortho intramolecular Hbond substituents is 4. The Morgan fingerprint density at radius 3 is 1.77 bits per heavy atom. The first kappa shape index (κ1) is 16.6. The molecule has 0 saturated heterocycles. The Bertz CT molecular complexity index is 673. The quantitative estimate of drug-likeness (QED) is 0.318. The third-order valence-electron chi connectivity index (χ3n) is 2.38. The van der Waals surface area contributed by atoms with Gasteiger partial charge in [-0.1, -0.05) is 0 Å². The molecule has 2 aromatic rings. The molecule has 0 aliphatic heterocycles. The first-order valence-electron chi connectivity index (χ1n) is 5.64. The molecular formula is C13H11NO8. The number of aromatic carboxylic acids is 1. The van der Waals surface area contributed by atoms with Gasteiger partial charge in [-0.05, 0) is 24.3 Å². The van der Waals surface area contributed by atoms with Gasteiger partial charge in [-0.3, -0.25) is 10.1 Å². The molecule has 0 heterocycles. The van der Waals surface area contributed by atoms with Gasteiger partial charge in [0.25, 0.3) is 5.69 Å². The molecule has 0 aliphatic carbocycles. The van der Waals surface area contributed by atoms with Crippen LogP contribution in [0.25, 0.3) is 0 Å². The summed E-state index contributed by atoms with van der Waals surface area (Å²) in [5.41, 5.74) is -0.305. The normalized spacial score (nSPS) is 9.45. The van der Waals surface area contributed by atoms with Crippen LogP contribution in [0.4, 0.5) is 5.69 Å². The van der Waals surface area contributed by atoms with E-state index in [0.29, 0.717) is 0 Å². The van der Waals surface area contributed by atoms with E-state index in [2.05, 4.69) is 0 Å². The smallest absolute Gasteiger partial charge is 0.335 e. The second-order valence-electron chi connectivity index (χ2n) is 3.94. The number of carboxylic acids is 1. The number of non-ortho nitro benzene ring substituents is 1. The Hall–Kier alpha value is -3.49. The first-order valence-corrected chi connectivity index (χ1v) is 5.64. The molecule has 9 nitrogen and oxygen atoms in total. The van der Waals surface area contributed by atoms with E-state index < -0.39 is 28.1 Å². The van der Waals surface area contributed by atoms with Crippen LogP contribution in [0.5, 0.6) is 23.0 Å². The predicted molar refractivity (Wildman–Crippen MR) is 73.2 cm³/mol. The standard InChI is InChI=1S/C7H6O5.C6H5NO3/c8-4-1-3(7(11)12)2-5(9)6(4)10;8-6-3-1-5(2-4-6)7(9)10/h1-2,8-10H,(H,11,12);1-4,8H. The van der Waals surface area contributed by atoms with Crippen molar-refractivity contribution >= 4 is 11.7 Å². The van der Waals surface area contributed by atoms with Gasteiger partial charge in [0.1, 0.15) is 5.75 Å². The van der Waals surface area contributed by atoms with E-state index in [4.69, 9.17) is 25.5 Å². The van der Waals surface area contributed by atoms with Crippen molar-refractivity contribution in [1.29, 1.82) is 0 Å². The Morgan fingerprint density at radius 1 is 0.955 bits per heavy atom. The van der Waals surface area contributed by atoms with Crippen LogP contribution in [0.2, 0.25) is 0 Å². The summed E-state index contributed by atoms with van der Waals surface area (Å²) < 4.78 is 0. The van der Waals surface area contributed by atoms with Crippen molar-refractivity contribution in [2.24, 2.45) is 0 Å². The summed E-state index contributed by atoms with van der Waals surface area (Å²) in [6.45, 7) is 0. The van der Waals surface area contributed by atoms with Crippen LogP contribution in [-0.2, 0) is 0 Å². The zero-order valence-corrected chi connectivity index (χ0v) is 10.9. The largest absolute Gasteiger partial charge is 0.508 e. The number of nitro groups is 1. The van der Waals surface area contributed by atoms with Crippen LogP contribution in [0.1, 0.15) is 10.4 Å². The van der Waals surface area contributed by atoms with Crippen LogP contribution in [0.15, 0.2) is 36.4 Å². The number of nitrogens with zero attached hydrogens (tertiary/aromatic N) is 1. The van der Waals surface area contributed by atoms with Crippen LogP contribution in [0.3, 0.4) is 0 Å². The lowest BCUT2D eigenvalue weighted by Crippen LogP contribution is -1.95. The van der Waals surface area contributed by atoms with Gasteiger partial charge in [-0.2, -0.15) is 0 Å². The number of phenols is 4. The third-order valence-corrected chi connectivity index (χ3v) is 2.38. The van der Waals surface area contributed by atoms with Crippen molar-refractivity contribution in [1.82, 2.24) is 0 Å². The number of hydrogen-bond acceptors (Lipinski definition) is 7. The first-order chi connectivity index (χ1) is 10.2. The van der Waals surface area contributed by atoms with E-state index in [0.717, 1.165) is 12.1 Å². The summed E-state index contributed by atoms with van der Waals surface area (Å²) in [7, 11) is 0. The maximum Gasteiger partial charge on any atom is 0.335 e. The number of hydrogen-bond donors (Lipinski definition) is 5. The van der Waals surface area contributed by atoms with E-state index in [1.165, 1.54) is 24.3 Å². The molecule has 2 aromatic carbocycles. The van der Waals surface area contributed by atoms with Crippen molar-refractivity contribution in [3.63, 3.8) is 0 Å². The van der Waals surface area contributed by atoms with Crippen molar-refractivity contribution in [2.75, 3.05) is 0 Å². The highest BCUT2D eigenvalue weighted by molar-refractivity contribution is 5.89. The molecule has 9 heteroatoms. The number of nitro benzene ring substituents is 1. The number of aromatic hydroxyl groups is 4. The number of benzene rings is 2. The molecular weight excluding hydrogens is 298 g/mol. The maximum absolute atomic E-state index is 10.3. The van der Waals surface area contributed by atoms with E-state index in [1.807, 2.05) is 0 Å². The van der Waals surface area contributed by atoms with E-state index in [1.54, 1.807) is 0 Å². The fourth-order valence-corrected chi connectivity index (χ4v) is 1.30. The summed E-state index contributed by atoms with van der Waals surface area (Å²) in [6, 6.07) is 6.73. The second-order valence-corrected chi connectivity index (χ2v) is 3.94. The highest BCUT2D eigenvalue weighted by Gasteiger charge is 2.11. The van der Waals surface area contributed by atoms with Crippen LogP contribution in [-0.4, -0.2) is 36.4 Å². The number of carboxylic acid groups (broad SMARTS) is 1. The summed E-state index contributed by atoms with van der Waals surface area (Å²) in [6.07, 6.45) is 0. The van der Waals surface area contributed by atoms with Crippen molar-refractivity contribution in [3.05, 3.63) is 52.1 Å². The van der Waals surface area contributed by atoms with Gasteiger partial charge in [-0.15, -0.1) is 0 Å². The molecule has 0 atom stereocenters. The molecule has 2 rings (SSSR count). The zero-order valence-electron chi connectivity index (χ0n) is 10.9. The zero-order chi connectivity index (χ0) is 16.9. The molecule has 0 fully saturated rings. The monoisotopic (exact) mass is 309 g/mol. The van der Waals surface area contributed by atoms with Gasteiger partial charge >= 0.3 is 5.97 Å². The van der Waals surface area contributed by atoms with Gasteiger partial charge in [0.05, 0.1) is 10.5 Å². The Morgan fingerprint density at radius 2 is 1.41 bits per heavy atom. The molecule has 0 radical (unpaired) electrons. The van der Waals surface area contributed by atoms with Gasteiger partial charge in [0.15, 0.2) is 17.2 Å². The predicted octanol–water partition coefficient (Wildman–Crippen LogP) is 1.80. The Balaban J connectivity index is 0.000000224. The molecule has 0 spiro atoms. The maximum atomic E-state index is 10.3. The van der Waals surface area contributed by atoms with Crippen LogP contribution < -0.4 is 0 Å². The molecule has 0 aromatic heterocycles. The van der Waals surface area contributed by atoms with Crippen molar-refractivity contribution in [3.8, 4) is 23.0 Å². The van der Waals surface area contributed by atoms with Crippen LogP contribution in [0, 0.1) is 10.1 Å². The highest BCUT2D eigenvalue weighted by atomic mass is 16.6. The van der Waals surface area contributed by atoms with Crippen LogP contribution >= 0.6 is 0 Å². The summed E-state index contributed by atoms with van der Waals surface area (Å²) in [4.78, 5) is 19.8. The minimum Gasteiger partial charge on any atom is -0.508 e. The number of carbonyl (C=O) groups is 1. The molecule has 0 saturated carbocycles. The van der Waals surface area contributed by atoms with Gasteiger partial charge in [-0.25, -0.2) is 4.79 Å². The van der Waals surface area contributed by atoms with Crippen molar-refractivity contribution in [2.45, 2.75) is 0 Å². The lowest BCUT2D eigenvalue weighted by atomic mass is 10.2. The fourth-order valence-electron chi connectivity index (χ4n) is 1.30. The second kappa shape index (κ2) is 6.79. The summed E-state index contributed by atoms with van der Waals surface area (Å²) in [5.74, 6) is -3.30. The molecule has 0 unspecified atom stereocenters. The minimum atomic E-state index is -1.29. The van der Waals surface area contributed by atoms with Gasteiger partial charge in [0.2, 0.25) is 0 Å². The molecule has 5 N–H and O–H groups in total. The lowest BCUT2D eigenvalue weighted by Gasteiger charge is -2.01. The van der Waals surface area contributed by atoms with E-state index in [9.17, 15) is 14.9 Å². The molecule has 0 aliphatic rings. The van der Waals surface area contributed by atoms with Gasteiger partial charge in [0, 0.05) is 12.1 Å². The molecule has 22 heavy (non-hydrogen) atoms. The topological polar surface area (TPSA) is 161 Å². The average molecular weight is 309 g/mol. The lowest BCUT2D eigenvalue weighted by molar-refractivity contribution is -0.384. The summed E-state index contributed by atoms with van der Waals surface area (Å²) >= 11 is 0. The Labute approximate surface area is 123 Å². The SMILES string of the molecule is O=C(O)c1cc(O)c(O)c(O)c1.O=[N+]([O-])c1ccc(O)cc1. The molecule has 0 bridgehead atoms. The third kappa shape index (κ3) is 4.27. The number of rotatable bonds is 2. The van der Waals surface area contributed by atoms with Gasteiger partial charge < -0.3 is 25.5 Å². The van der Waals surface area contributed by atoms with E-state index in [-0.39, 0.29) is 17.0 Å². The summed E-state index contributed by atoms with van der Waals surface area (Å²) in [5, 5.41) is 53.7. The van der Waals surface area contributed by atoms with E-state index >= 15 is 0 Å². The molecule has 116 valence electrons. The Kier molecular flexibility index (Phi) is 5.11. The molecule has 0 amide bonds. The van der Waals surface area contributed by atoms with Crippen molar-refractivity contribution < 1.29 is 35.3 Å². The minimum absolute atomic E-state index is 0.0159. The average Bonchev–Trinajstić information content (AvgIpc) is 2.45. The fraction of sp³-hybridized carbons (Fsp3) is 0. The highest BCUT2D eigenvalue weighted by Crippen LogP contribution is 2.35.